The van der Waals surface area contributed by atoms with Crippen molar-refractivity contribution in [2.45, 2.75) is 20.8 Å². The topological polar surface area (TPSA) is 55.1 Å². The molecule has 0 spiro atoms. The highest BCUT2D eigenvalue weighted by Gasteiger charge is 2.10. The van der Waals surface area contributed by atoms with Crippen molar-refractivity contribution in [1.82, 2.24) is 0 Å². The maximum atomic E-state index is 12.3. The summed E-state index contributed by atoms with van der Waals surface area (Å²) in [4.78, 5) is 12.3. The van der Waals surface area contributed by atoms with E-state index in [1.807, 2.05) is 51.1 Å². The molecule has 1 amide bonds. The van der Waals surface area contributed by atoms with Crippen molar-refractivity contribution in [3.8, 4) is 0 Å². The average molecular weight is 254 g/mol. The summed E-state index contributed by atoms with van der Waals surface area (Å²) < 4.78 is 0. The number of hydrogen-bond donors (Lipinski definition) is 2. The number of benzene rings is 2. The maximum absolute atomic E-state index is 12.3. The summed E-state index contributed by atoms with van der Waals surface area (Å²) in [6.07, 6.45) is 0. The lowest BCUT2D eigenvalue weighted by molar-refractivity contribution is 0.102. The minimum atomic E-state index is -0.132. The first kappa shape index (κ1) is 13.1. The Morgan fingerprint density at radius 2 is 1.68 bits per heavy atom. The molecule has 2 aromatic carbocycles. The van der Waals surface area contributed by atoms with E-state index in [-0.39, 0.29) is 5.91 Å². The second-order valence-corrected chi connectivity index (χ2v) is 4.87. The molecule has 0 radical (unpaired) electrons. The molecule has 3 heteroatoms. The molecule has 0 aliphatic heterocycles. The Balaban J connectivity index is 2.31. The number of nitrogens with one attached hydrogen (secondary N) is 1. The molecule has 0 aromatic heterocycles. The predicted molar refractivity (Wildman–Crippen MR) is 79.5 cm³/mol. The van der Waals surface area contributed by atoms with Gasteiger partial charge >= 0.3 is 0 Å². The quantitative estimate of drug-likeness (QED) is 0.806. The molecule has 0 saturated carbocycles. The number of para-hydroxylation sites is 1. The summed E-state index contributed by atoms with van der Waals surface area (Å²) in [6, 6.07) is 11.4. The smallest absolute Gasteiger partial charge is 0.255 e. The van der Waals surface area contributed by atoms with E-state index in [9.17, 15) is 4.79 Å². The van der Waals surface area contributed by atoms with E-state index in [0.29, 0.717) is 16.9 Å². The zero-order chi connectivity index (χ0) is 14.0. The van der Waals surface area contributed by atoms with Gasteiger partial charge in [-0.05, 0) is 44.5 Å². The number of aryl methyl sites for hydroxylation is 3. The minimum Gasteiger partial charge on any atom is -0.397 e. The summed E-state index contributed by atoms with van der Waals surface area (Å²) in [7, 11) is 0. The van der Waals surface area contributed by atoms with E-state index in [0.717, 1.165) is 16.7 Å². The molecule has 0 aliphatic carbocycles. The molecule has 0 heterocycles. The Labute approximate surface area is 113 Å². The summed E-state index contributed by atoms with van der Waals surface area (Å²) in [5.74, 6) is -0.132. The van der Waals surface area contributed by atoms with Gasteiger partial charge in [0, 0.05) is 5.56 Å². The Kier molecular flexibility index (Phi) is 3.56. The van der Waals surface area contributed by atoms with E-state index in [1.54, 1.807) is 6.07 Å². The van der Waals surface area contributed by atoms with E-state index in [4.69, 9.17) is 5.73 Å². The van der Waals surface area contributed by atoms with Crippen LogP contribution >= 0.6 is 0 Å². The van der Waals surface area contributed by atoms with Gasteiger partial charge in [-0.15, -0.1) is 0 Å². The molecule has 0 fully saturated rings. The van der Waals surface area contributed by atoms with Crippen LogP contribution in [0, 0.1) is 20.8 Å². The third-order valence-electron chi connectivity index (χ3n) is 3.03. The van der Waals surface area contributed by atoms with E-state index >= 15 is 0 Å². The number of nitrogens with two attached hydrogens (primary N) is 1. The molecule has 0 saturated heterocycles. The minimum absolute atomic E-state index is 0.132. The van der Waals surface area contributed by atoms with Gasteiger partial charge in [-0.25, -0.2) is 0 Å². The monoisotopic (exact) mass is 254 g/mol. The van der Waals surface area contributed by atoms with Crippen molar-refractivity contribution in [3.63, 3.8) is 0 Å². The number of hydrogen-bond acceptors (Lipinski definition) is 2. The van der Waals surface area contributed by atoms with Gasteiger partial charge in [-0.1, -0.05) is 29.3 Å². The van der Waals surface area contributed by atoms with Crippen LogP contribution in [-0.2, 0) is 0 Å². The van der Waals surface area contributed by atoms with Gasteiger partial charge in [0.15, 0.2) is 0 Å². The average Bonchev–Trinajstić information content (AvgIpc) is 2.32. The van der Waals surface area contributed by atoms with Crippen LogP contribution in [-0.4, -0.2) is 5.91 Å². The van der Waals surface area contributed by atoms with Gasteiger partial charge in [-0.2, -0.15) is 0 Å². The van der Waals surface area contributed by atoms with Crippen LogP contribution in [0.5, 0.6) is 0 Å². The maximum Gasteiger partial charge on any atom is 0.255 e. The van der Waals surface area contributed by atoms with Gasteiger partial charge in [0.25, 0.3) is 5.91 Å². The van der Waals surface area contributed by atoms with Gasteiger partial charge in [0.05, 0.1) is 11.4 Å². The molecule has 2 rings (SSSR count). The first-order valence-corrected chi connectivity index (χ1v) is 6.22. The van der Waals surface area contributed by atoms with Crippen molar-refractivity contribution in [1.29, 1.82) is 0 Å². The van der Waals surface area contributed by atoms with Crippen molar-refractivity contribution < 1.29 is 4.79 Å². The summed E-state index contributed by atoms with van der Waals surface area (Å²) >= 11 is 0. The lowest BCUT2D eigenvalue weighted by Crippen LogP contribution is -2.14. The number of carbonyl (C=O) groups excluding carboxylic acids is 1. The highest BCUT2D eigenvalue weighted by atomic mass is 16.1. The lowest BCUT2D eigenvalue weighted by atomic mass is 10.1. The van der Waals surface area contributed by atoms with Gasteiger partial charge in [0.2, 0.25) is 0 Å². The second-order valence-electron chi connectivity index (χ2n) is 4.87. The van der Waals surface area contributed by atoms with Crippen LogP contribution in [0.15, 0.2) is 36.4 Å². The second kappa shape index (κ2) is 5.14. The summed E-state index contributed by atoms with van der Waals surface area (Å²) in [6.45, 7) is 5.88. The third-order valence-corrected chi connectivity index (χ3v) is 3.03. The molecular weight excluding hydrogens is 236 g/mol. The number of rotatable bonds is 2. The summed E-state index contributed by atoms with van der Waals surface area (Å²) in [5.41, 5.74) is 10.9. The highest BCUT2D eigenvalue weighted by molar-refractivity contribution is 6.06. The van der Waals surface area contributed by atoms with Gasteiger partial charge < -0.3 is 11.1 Å². The van der Waals surface area contributed by atoms with Crippen LogP contribution in [0.3, 0.4) is 0 Å². The number of carbonyl (C=O) groups is 1. The number of amides is 1. The fourth-order valence-electron chi connectivity index (χ4n) is 2.15. The van der Waals surface area contributed by atoms with E-state index in [1.165, 1.54) is 0 Å². The zero-order valence-electron chi connectivity index (χ0n) is 11.4. The van der Waals surface area contributed by atoms with Crippen molar-refractivity contribution >= 4 is 17.3 Å². The molecule has 19 heavy (non-hydrogen) atoms. The Bertz CT molecular complexity index is 592. The van der Waals surface area contributed by atoms with Crippen LogP contribution in [0.25, 0.3) is 0 Å². The first-order chi connectivity index (χ1) is 8.97. The fraction of sp³-hybridized carbons (Fsp3) is 0.188. The van der Waals surface area contributed by atoms with Crippen molar-refractivity contribution in [2.24, 2.45) is 0 Å². The molecular formula is C16H18N2O. The highest BCUT2D eigenvalue weighted by Crippen LogP contribution is 2.23. The van der Waals surface area contributed by atoms with E-state index < -0.39 is 0 Å². The molecule has 0 atom stereocenters. The third kappa shape index (κ3) is 2.94. The molecule has 0 aliphatic rings. The SMILES string of the molecule is Cc1cc(C)cc(C(=O)Nc2c(C)cccc2N)c1. The first-order valence-electron chi connectivity index (χ1n) is 6.22. The number of anilines is 2. The van der Waals surface area contributed by atoms with Crippen LogP contribution in [0.4, 0.5) is 11.4 Å². The van der Waals surface area contributed by atoms with Crippen LogP contribution in [0.1, 0.15) is 27.0 Å². The predicted octanol–water partition coefficient (Wildman–Crippen LogP) is 3.45. The molecule has 3 nitrogen and oxygen atoms in total. The van der Waals surface area contributed by atoms with Crippen molar-refractivity contribution in [2.75, 3.05) is 11.1 Å². The fourth-order valence-corrected chi connectivity index (χ4v) is 2.15. The molecule has 0 unspecified atom stereocenters. The molecule has 0 bridgehead atoms. The number of nitrogen functional groups attached to an aromatic ring is 1. The summed E-state index contributed by atoms with van der Waals surface area (Å²) in [5, 5.41) is 2.89. The molecule has 98 valence electrons. The normalized spacial score (nSPS) is 10.3. The van der Waals surface area contributed by atoms with Gasteiger partial charge in [0.1, 0.15) is 0 Å². The van der Waals surface area contributed by atoms with Crippen LogP contribution < -0.4 is 11.1 Å². The Morgan fingerprint density at radius 3 is 2.26 bits per heavy atom. The Hall–Kier alpha value is -2.29. The Morgan fingerprint density at radius 1 is 1.05 bits per heavy atom. The van der Waals surface area contributed by atoms with Crippen molar-refractivity contribution in [3.05, 3.63) is 58.7 Å². The lowest BCUT2D eigenvalue weighted by Gasteiger charge is -2.11. The molecule has 2 aromatic rings. The van der Waals surface area contributed by atoms with Gasteiger partial charge in [-0.3, -0.25) is 4.79 Å². The van der Waals surface area contributed by atoms with E-state index in [2.05, 4.69) is 5.32 Å². The molecule has 3 N–H and O–H groups in total. The largest absolute Gasteiger partial charge is 0.397 e. The van der Waals surface area contributed by atoms with Crippen LogP contribution in [0.2, 0.25) is 0 Å². The standard InChI is InChI=1S/C16H18N2O/c1-10-7-11(2)9-13(8-10)16(19)18-15-12(3)5-4-6-14(15)17/h4-9H,17H2,1-3H3,(H,18,19). The zero-order valence-corrected chi connectivity index (χ0v) is 11.4.